The number of rotatable bonds is 7. The van der Waals surface area contributed by atoms with E-state index in [0.29, 0.717) is 42.2 Å². The van der Waals surface area contributed by atoms with Gasteiger partial charge in [0.05, 0.1) is 27.9 Å². The fraction of sp³-hybridized carbons (Fsp3) is 0.303. The Balaban J connectivity index is 0.00000329. The van der Waals surface area contributed by atoms with Crippen LogP contribution in [0.1, 0.15) is 65.3 Å². The van der Waals surface area contributed by atoms with Gasteiger partial charge in [-0.15, -0.1) is 0 Å². The zero-order valence-electron chi connectivity index (χ0n) is 23.7. The van der Waals surface area contributed by atoms with Gasteiger partial charge in [0.1, 0.15) is 28.3 Å². The third kappa shape index (κ3) is 5.28. The average Bonchev–Trinajstić information content (AvgIpc) is 3.79. The predicted molar refractivity (Wildman–Crippen MR) is 160 cm³/mol. The van der Waals surface area contributed by atoms with E-state index in [4.69, 9.17) is 0 Å². The van der Waals surface area contributed by atoms with Crippen molar-refractivity contribution in [2.75, 3.05) is 7.05 Å². The maximum atomic E-state index is 14.5. The van der Waals surface area contributed by atoms with Gasteiger partial charge in [0.25, 0.3) is 0 Å². The van der Waals surface area contributed by atoms with Crippen LogP contribution in [-0.4, -0.2) is 47.6 Å². The second-order valence-corrected chi connectivity index (χ2v) is 13.1. The molecule has 4 aromatic rings. The summed E-state index contributed by atoms with van der Waals surface area (Å²) in [6.07, 6.45) is 10.3. The van der Waals surface area contributed by atoms with E-state index in [9.17, 15) is 17.8 Å². The number of halogens is 2. The van der Waals surface area contributed by atoms with Crippen molar-refractivity contribution in [2.24, 2.45) is 5.41 Å². The number of hydrogen-bond donors (Lipinski definition) is 0. The molecule has 0 spiro atoms. The summed E-state index contributed by atoms with van der Waals surface area (Å²) in [4.78, 5) is 19.7. The monoisotopic (exact) mass is 602 g/mol. The number of allylic oxidation sites excluding steroid dienone is 1. The molecule has 3 atom stereocenters. The predicted octanol–water partition coefficient (Wildman–Crippen LogP) is 5.61. The molecule has 2 heterocycles. The second kappa shape index (κ2) is 11.3. The Morgan fingerprint density at radius 3 is 2.33 bits per heavy atom. The second-order valence-electron chi connectivity index (χ2n) is 11.6. The van der Waals surface area contributed by atoms with Crippen LogP contribution in [0, 0.1) is 17.0 Å². The molecule has 2 aromatic carbocycles. The highest BCUT2D eigenvalue weighted by Gasteiger charge is 2.50. The molecule has 222 valence electrons. The lowest BCUT2D eigenvalue weighted by atomic mass is 9.60. The van der Waals surface area contributed by atoms with Gasteiger partial charge in [-0.1, -0.05) is 11.6 Å². The van der Waals surface area contributed by atoms with Crippen LogP contribution >= 0.6 is 0 Å². The first kappa shape index (κ1) is 29.2. The fourth-order valence-electron chi connectivity index (χ4n) is 6.48. The lowest BCUT2D eigenvalue weighted by Gasteiger charge is -2.45. The molecule has 0 aliphatic heterocycles. The van der Waals surface area contributed by atoms with Crippen molar-refractivity contribution < 1.29 is 23.3 Å². The molecule has 2 fully saturated rings. The minimum absolute atomic E-state index is 0. The molecule has 1 unspecified atom stereocenters. The van der Waals surface area contributed by atoms with Crippen LogP contribution in [0.5, 0.6) is 0 Å². The maximum Gasteiger partial charge on any atom is 0.191 e. The highest BCUT2D eigenvalue weighted by atomic mass is 32.2. The van der Waals surface area contributed by atoms with Gasteiger partial charge >= 0.3 is 0 Å². The van der Waals surface area contributed by atoms with E-state index in [0.717, 1.165) is 35.4 Å². The van der Waals surface area contributed by atoms with Gasteiger partial charge in [-0.05, 0) is 116 Å². The minimum Gasteiger partial charge on any atom is -0.412 e. The lowest BCUT2D eigenvalue weighted by Crippen LogP contribution is -2.48. The van der Waals surface area contributed by atoms with Crippen molar-refractivity contribution in [1.82, 2.24) is 19.1 Å². The smallest absolute Gasteiger partial charge is 0.191 e. The largest absolute Gasteiger partial charge is 0.412 e. The van der Waals surface area contributed by atoms with Gasteiger partial charge in [0.2, 0.25) is 0 Å². The van der Waals surface area contributed by atoms with Gasteiger partial charge in [-0.25, -0.2) is 22.0 Å². The van der Waals surface area contributed by atoms with Gasteiger partial charge < -0.3 is 5.48 Å². The number of pyridine rings is 1. The summed E-state index contributed by atoms with van der Waals surface area (Å²) in [6.45, 7) is 0. The van der Waals surface area contributed by atoms with E-state index in [2.05, 4.69) is 16.2 Å². The van der Waals surface area contributed by atoms with Crippen molar-refractivity contribution in [3.05, 3.63) is 113 Å². The number of carbonyl (C=O) groups excluding carboxylic acids is 1. The number of aromatic nitrogens is 3. The Kier molecular flexibility index (Phi) is 7.70. The van der Waals surface area contributed by atoms with E-state index in [1.54, 1.807) is 46.5 Å². The zero-order valence-corrected chi connectivity index (χ0v) is 24.5. The molecule has 43 heavy (non-hydrogen) atoms. The molecule has 7 nitrogen and oxygen atoms in total. The third-order valence-electron chi connectivity index (χ3n) is 9.00. The summed E-state index contributed by atoms with van der Waals surface area (Å²) >= 11 is 0. The summed E-state index contributed by atoms with van der Waals surface area (Å²) in [5, 5.41) is 4.62. The van der Waals surface area contributed by atoms with E-state index in [-0.39, 0.29) is 28.9 Å². The number of benzene rings is 2. The van der Waals surface area contributed by atoms with Gasteiger partial charge in [0.15, 0.2) is 5.78 Å². The summed E-state index contributed by atoms with van der Waals surface area (Å²) in [7, 11) is 0.288. The van der Waals surface area contributed by atoms with Crippen LogP contribution in [0.25, 0.3) is 11.8 Å². The maximum absolute atomic E-state index is 14.5. The molecule has 7 rings (SSSR count). The standard InChI is InChI=1S/C33H30F2N4O2S.H2O/c1-38(42(41)29-13-8-26(35)9-14-29)28-10-5-24-16-31-23(20-37-39(31)27-11-6-25(34)7-12-27)17-33(24,18-28)32(40)30-15-4-22(19-36-30)21-2-3-21;/h4,6-9,11-16,19-21,28H,2-3,5,10,17-18H2,1H3;1H2/t28-,33-,42?;/m0./s1. The number of nitrogens with zero attached hydrogens (tertiary/aromatic N) is 4. The summed E-state index contributed by atoms with van der Waals surface area (Å²) < 4.78 is 44.3. The quantitative estimate of drug-likeness (QED) is 0.257. The van der Waals surface area contributed by atoms with Crippen LogP contribution in [-0.2, 0) is 17.4 Å². The van der Waals surface area contributed by atoms with Gasteiger partial charge in [0, 0.05) is 19.3 Å². The lowest BCUT2D eigenvalue weighted by molar-refractivity contribution is 0.0749. The van der Waals surface area contributed by atoms with Crippen LogP contribution in [0.15, 0.2) is 83.5 Å². The number of carbonyl (C=O) groups is 1. The van der Waals surface area contributed by atoms with Crippen LogP contribution in [0.4, 0.5) is 8.78 Å². The van der Waals surface area contributed by atoms with E-state index in [1.165, 1.54) is 29.8 Å². The van der Waals surface area contributed by atoms with E-state index in [1.807, 2.05) is 18.3 Å². The highest BCUT2D eigenvalue weighted by Crippen LogP contribution is 2.51. The van der Waals surface area contributed by atoms with Crippen LogP contribution in [0.3, 0.4) is 0 Å². The molecule has 2 N–H and O–H groups in total. The van der Waals surface area contributed by atoms with Gasteiger partial charge in [-0.3, -0.25) is 9.78 Å². The van der Waals surface area contributed by atoms with E-state index >= 15 is 0 Å². The van der Waals surface area contributed by atoms with Crippen LogP contribution in [0.2, 0.25) is 0 Å². The first-order chi connectivity index (χ1) is 20.3. The number of fused-ring (bicyclic) bond motifs is 2. The molecule has 0 bridgehead atoms. The molecule has 0 saturated heterocycles. The molecule has 3 aliphatic rings. The Hall–Kier alpha value is -3.86. The first-order valence-corrected chi connectivity index (χ1v) is 15.4. The highest BCUT2D eigenvalue weighted by molar-refractivity contribution is 7.82. The van der Waals surface area contributed by atoms with Crippen molar-refractivity contribution >= 4 is 22.8 Å². The SMILES string of the molecule is CN([C@H]1CCC2=Cc3c(cnn3-c3ccc(F)cc3)C[C@]2(C(=O)c2ccc(C3CC3)cn2)C1)S(=O)c1ccc(F)cc1.O. The normalized spacial score (nSPS) is 21.8. The Bertz CT molecular complexity index is 1720. The molecule has 2 aromatic heterocycles. The van der Waals surface area contributed by atoms with Crippen molar-refractivity contribution in [2.45, 2.75) is 55.4 Å². The Morgan fingerprint density at radius 1 is 0.977 bits per heavy atom. The molecular weight excluding hydrogens is 570 g/mol. The topological polar surface area (TPSA) is 99.6 Å². The molecule has 3 aliphatic carbocycles. The third-order valence-corrected chi connectivity index (χ3v) is 10.5. The Labute approximate surface area is 251 Å². The number of hydrogen-bond acceptors (Lipinski definition) is 4. The molecule has 0 radical (unpaired) electrons. The fourth-order valence-corrected chi connectivity index (χ4v) is 7.63. The van der Waals surface area contributed by atoms with E-state index < -0.39 is 16.4 Å². The van der Waals surface area contributed by atoms with Crippen molar-refractivity contribution in [1.29, 1.82) is 0 Å². The summed E-state index contributed by atoms with van der Waals surface area (Å²) in [5.41, 5.74) is 4.29. The molecular formula is C33H32F2N4O3S. The van der Waals surface area contributed by atoms with Crippen molar-refractivity contribution in [3.8, 4) is 5.69 Å². The van der Waals surface area contributed by atoms with Crippen molar-refractivity contribution in [3.63, 3.8) is 0 Å². The average molecular weight is 603 g/mol. The summed E-state index contributed by atoms with van der Waals surface area (Å²) in [6, 6.07) is 15.6. The van der Waals surface area contributed by atoms with Gasteiger partial charge in [-0.2, -0.15) is 5.10 Å². The Morgan fingerprint density at radius 2 is 1.67 bits per heavy atom. The summed E-state index contributed by atoms with van der Waals surface area (Å²) in [5.74, 6) is -0.195. The molecule has 10 heteroatoms. The minimum atomic E-state index is -1.52. The number of Topliss-reactive ketones (excluding diaryl/α,β-unsaturated/α-hetero) is 1. The first-order valence-electron chi connectivity index (χ1n) is 14.3. The molecule has 2 saturated carbocycles. The number of ketones is 1. The van der Waals surface area contributed by atoms with Crippen LogP contribution < -0.4 is 0 Å². The zero-order chi connectivity index (χ0) is 29.0. The molecule has 0 amide bonds.